The maximum absolute atomic E-state index is 11.3. The fourth-order valence-electron chi connectivity index (χ4n) is 1.21. The van der Waals surface area contributed by atoms with E-state index in [9.17, 15) is 4.79 Å². The Hall–Kier alpha value is -1.20. The van der Waals surface area contributed by atoms with Gasteiger partial charge in [-0.15, -0.1) is 0 Å². The fourth-order valence-corrected chi connectivity index (χ4v) is 1.76. The van der Waals surface area contributed by atoms with Crippen LogP contribution in [0, 0.1) is 6.92 Å². The summed E-state index contributed by atoms with van der Waals surface area (Å²) >= 11 is 1.30. The van der Waals surface area contributed by atoms with Crippen molar-refractivity contribution in [1.82, 2.24) is 5.32 Å². The van der Waals surface area contributed by atoms with Gasteiger partial charge in [0, 0.05) is 23.5 Å². The van der Waals surface area contributed by atoms with Crippen molar-refractivity contribution in [3.05, 3.63) is 29.8 Å². The zero-order chi connectivity index (χ0) is 14.3. The summed E-state index contributed by atoms with van der Waals surface area (Å²) in [5.41, 5.74) is 0.748. The van der Waals surface area contributed by atoms with Crippen molar-refractivity contribution in [3.8, 4) is 0 Å². The molecule has 0 atom stereocenters. The van der Waals surface area contributed by atoms with E-state index in [2.05, 4.69) is 5.32 Å². The number of benzene rings is 1. The van der Waals surface area contributed by atoms with Crippen molar-refractivity contribution in [1.29, 1.82) is 0 Å². The van der Waals surface area contributed by atoms with Crippen LogP contribution in [0.5, 0.6) is 0 Å². The van der Waals surface area contributed by atoms with Crippen molar-refractivity contribution in [2.45, 2.75) is 38.2 Å². The molecule has 106 valence electrons. The van der Waals surface area contributed by atoms with Gasteiger partial charge in [0.15, 0.2) is 0 Å². The van der Waals surface area contributed by atoms with Crippen LogP contribution in [0.4, 0.5) is 4.79 Å². The minimum atomic E-state index is -0.471. The van der Waals surface area contributed by atoms with Crippen LogP contribution < -0.4 is 5.32 Å². The van der Waals surface area contributed by atoms with Crippen molar-refractivity contribution < 1.29 is 13.7 Å². The Morgan fingerprint density at radius 3 is 2.47 bits per heavy atom. The van der Waals surface area contributed by atoms with E-state index in [0.29, 0.717) is 13.2 Å². The maximum atomic E-state index is 11.3. The lowest BCUT2D eigenvalue weighted by Gasteiger charge is -2.19. The summed E-state index contributed by atoms with van der Waals surface area (Å²) in [6.45, 7) is 8.38. The molecule has 0 aliphatic heterocycles. The number of amides is 1. The summed E-state index contributed by atoms with van der Waals surface area (Å²) < 4.78 is 10.5. The molecule has 0 fully saturated rings. The Balaban J connectivity index is 2.11. The van der Waals surface area contributed by atoms with Crippen LogP contribution in [-0.4, -0.2) is 24.8 Å². The number of nitrogens with one attached hydrogen (secondary N) is 1. The quantitative estimate of drug-likeness (QED) is 0.663. The van der Waals surface area contributed by atoms with E-state index < -0.39 is 11.7 Å². The van der Waals surface area contributed by atoms with Gasteiger partial charge >= 0.3 is 6.09 Å². The lowest BCUT2D eigenvalue weighted by Crippen LogP contribution is -2.34. The largest absolute Gasteiger partial charge is 0.444 e. The molecular weight excluding hydrogens is 262 g/mol. The average molecular weight is 283 g/mol. The maximum Gasteiger partial charge on any atom is 0.407 e. The molecule has 0 heterocycles. The van der Waals surface area contributed by atoms with Gasteiger partial charge in [-0.2, -0.15) is 0 Å². The molecule has 4 nitrogen and oxygen atoms in total. The number of alkyl carbamates (subject to hydrolysis) is 1. The van der Waals surface area contributed by atoms with Gasteiger partial charge in [-0.05, 0) is 39.8 Å². The third-order valence-corrected chi connectivity index (χ3v) is 2.78. The van der Waals surface area contributed by atoms with Crippen LogP contribution in [0.1, 0.15) is 26.3 Å². The molecule has 5 heteroatoms. The molecule has 0 aliphatic rings. The first-order valence-electron chi connectivity index (χ1n) is 6.20. The number of hydrogen-bond acceptors (Lipinski definition) is 4. The second-order valence-electron chi connectivity index (χ2n) is 5.15. The van der Waals surface area contributed by atoms with E-state index in [1.54, 1.807) is 0 Å². The van der Waals surface area contributed by atoms with Crippen molar-refractivity contribution in [2.24, 2.45) is 0 Å². The van der Waals surface area contributed by atoms with Gasteiger partial charge in [0.2, 0.25) is 0 Å². The van der Waals surface area contributed by atoms with Crippen LogP contribution in [-0.2, 0) is 8.92 Å². The lowest BCUT2D eigenvalue weighted by atomic mass is 10.2. The highest BCUT2D eigenvalue weighted by atomic mass is 32.2. The summed E-state index contributed by atoms with van der Waals surface area (Å²) in [6.07, 6.45) is -0.420. The van der Waals surface area contributed by atoms with E-state index >= 15 is 0 Å². The topological polar surface area (TPSA) is 47.6 Å². The Bertz CT molecular complexity index is 398. The van der Waals surface area contributed by atoms with Crippen LogP contribution in [0.2, 0.25) is 0 Å². The minimum Gasteiger partial charge on any atom is -0.444 e. The molecule has 0 unspecified atom stereocenters. The van der Waals surface area contributed by atoms with Crippen molar-refractivity contribution >= 4 is 18.1 Å². The van der Waals surface area contributed by atoms with E-state index in [1.165, 1.54) is 17.6 Å². The highest BCUT2D eigenvalue weighted by molar-refractivity contribution is 7.94. The standard InChI is InChI=1S/C14H21NO3S/c1-11-5-7-12(8-6-11)19-17-10-9-15-13(16)18-14(2,3)4/h5-8H,9-10H2,1-4H3,(H,15,16). The Kier molecular flexibility index (Phi) is 6.18. The summed E-state index contributed by atoms with van der Waals surface area (Å²) in [5, 5.41) is 2.64. The normalized spacial score (nSPS) is 11.2. The predicted octanol–water partition coefficient (Wildman–Crippen LogP) is 3.54. The lowest BCUT2D eigenvalue weighted by molar-refractivity contribution is 0.0521. The first-order chi connectivity index (χ1) is 8.87. The number of carbonyl (C=O) groups excluding carboxylic acids is 1. The number of aryl methyl sites for hydroxylation is 1. The number of ether oxygens (including phenoxy) is 1. The molecule has 1 aromatic rings. The van der Waals surface area contributed by atoms with Crippen LogP contribution >= 0.6 is 12.0 Å². The van der Waals surface area contributed by atoms with Crippen molar-refractivity contribution in [3.63, 3.8) is 0 Å². The third-order valence-electron chi connectivity index (χ3n) is 2.03. The second-order valence-corrected chi connectivity index (χ2v) is 6.02. The zero-order valence-electron chi connectivity index (χ0n) is 11.9. The molecule has 19 heavy (non-hydrogen) atoms. The van der Waals surface area contributed by atoms with Crippen molar-refractivity contribution in [2.75, 3.05) is 13.2 Å². The molecule has 1 rings (SSSR count). The van der Waals surface area contributed by atoms with Crippen LogP contribution in [0.3, 0.4) is 0 Å². The van der Waals surface area contributed by atoms with Gasteiger partial charge in [0.05, 0.1) is 6.61 Å². The molecule has 1 aromatic carbocycles. The summed E-state index contributed by atoms with van der Waals surface area (Å²) in [5.74, 6) is 0. The monoisotopic (exact) mass is 283 g/mol. The Morgan fingerprint density at radius 2 is 1.89 bits per heavy atom. The predicted molar refractivity (Wildman–Crippen MR) is 77.2 cm³/mol. The molecule has 0 saturated carbocycles. The summed E-state index contributed by atoms with van der Waals surface area (Å²) in [6, 6.07) is 8.07. The highest BCUT2D eigenvalue weighted by Gasteiger charge is 2.15. The van der Waals surface area contributed by atoms with E-state index in [4.69, 9.17) is 8.92 Å². The van der Waals surface area contributed by atoms with Gasteiger partial charge in [-0.3, -0.25) is 0 Å². The average Bonchev–Trinajstić information content (AvgIpc) is 2.29. The van der Waals surface area contributed by atoms with Gasteiger partial charge in [0.1, 0.15) is 5.60 Å². The fraction of sp³-hybridized carbons (Fsp3) is 0.500. The zero-order valence-corrected chi connectivity index (χ0v) is 12.7. The summed E-state index contributed by atoms with van der Waals surface area (Å²) in [4.78, 5) is 12.4. The van der Waals surface area contributed by atoms with Gasteiger partial charge in [-0.25, -0.2) is 4.79 Å². The molecule has 0 radical (unpaired) electrons. The van der Waals surface area contributed by atoms with Crippen LogP contribution in [0.15, 0.2) is 29.2 Å². The van der Waals surface area contributed by atoms with Gasteiger partial charge in [-0.1, -0.05) is 17.7 Å². The molecule has 0 aromatic heterocycles. The number of rotatable bonds is 5. The molecule has 0 spiro atoms. The summed E-state index contributed by atoms with van der Waals surface area (Å²) in [7, 11) is 0. The van der Waals surface area contributed by atoms with E-state index in [1.807, 2.05) is 52.0 Å². The number of carbonyl (C=O) groups is 1. The Labute approximate surface area is 119 Å². The van der Waals surface area contributed by atoms with E-state index in [0.717, 1.165) is 4.90 Å². The smallest absolute Gasteiger partial charge is 0.407 e. The number of hydrogen-bond donors (Lipinski definition) is 1. The van der Waals surface area contributed by atoms with E-state index in [-0.39, 0.29) is 0 Å². The Morgan fingerprint density at radius 1 is 1.26 bits per heavy atom. The molecule has 1 amide bonds. The molecule has 0 aliphatic carbocycles. The molecule has 0 saturated heterocycles. The van der Waals surface area contributed by atoms with Gasteiger partial charge < -0.3 is 14.2 Å². The highest BCUT2D eigenvalue weighted by Crippen LogP contribution is 2.18. The minimum absolute atomic E-state index is 0.420. The molecule has 1 N–H and O–H groups in total. The van der Waals surface area contributed by atoms with Gasteiger partial charge in [0.25, 0.3) is 0 Å². The SMILES string of the molecule is Cc1ccc(SOCCNC(=O)OC(C)(C)C)cc1. The third kappa shape index (κ3) is 7.74. The second kappa shape index (κ2) is 7.40. The van der Waals surface area contributed by atoms with Crippen LogP contribution in [0.25, 0.3) is 0 Å². The molecular formula is C14H21NO3S. The first kappa shape index (κ1) is 15.9. The first-order valence-corrected chi connectivity index (χ1v) is 6.94. The molecule has 0 bridgehead atoms.